The predicted molar refractivity (Wildman–Crippen MR) is 69.4 cm³/mol. The standard InChI is InChI=1S/C13H7BrFNS/c14-10-6-5-9(8-16)13(7-10)17-12-4-2-1-3-11(12)15/h1-7H. The van der Waals surface area contributed by atoms with Gasteiger partial charge in [-0.3, -0.25) is 0 Å². The third-order valence-corrected chi connectivity index (χ3v) is 3.72. The van der Waals surface area contributed by atoms with Crippen molar-refractivity contribution in [3.63, 3.8) is 0 Å². The number of halogens is 2. The summed E-state index contributed by atoms with van der Waals surface area (Å²) >= 11 is 4.59. The molecule has 2 aromatic carbocycles. The Morgan fingerprint density at radius 3 is 2.59 bits per heavy atom. The van der Waals surface area contributed by atoms with E-state index in [1.165, 1.54) is 17.8 Å². The maximum atomic E-state index is 13.5. The van der Waals surface area contributed by atoms with E-state index < -0.39 is 0 Å². The quantitative estimate of drug-likeness (QED) is 0.809. The summed E-state index contributed by atoms with van der Waals surface area (Å²) in [4.78, 5) is 1.26. The van der Waals surface area contributed by atoms with Crippen molar-refractivity contribution in [3.8, 4) is 6.07 Å². The topological polar surface area (TPSA) is 23.8 Å². The molecule has 2 aromatic rings. The molecule has 0 heterocycles. The smallest absolute Gasteiger partial charge is 0.137 e. The van der Waals surface area contributed by atoms with Crippen LogP contribution in [0.2, 0.25) is 0 Å². The zero-order valence-electron chi connectivity index (χ0n) is 8.65. The van der Waals surface area contributed by atoms with E-state index >= 15 is 0 Å². The largest absolute Gasteiger partial charge is 0.206 e. The van der Waals surface area contributed by atoms with Crippen molar-refractivity contribution in [1.29, 1.82) is 5.26 Å². The first-order chi connectivity index (χ1) is 8.20. The molecule has 84 valence electrons. The van der Waals surface area contributed by atoms with Crippen molar-refractivity contribution in [2.24, 2.45) is 0 Å². The SMILES string of the molecule is N#Cc1ccc(Br)cc1Sc1ccccc1F. The Labute approximate surface area is 111 Å². The van der Waals surface area contributed by atoms with Crippen molar-refractivity contribution in [2.75, 3.05) is 0 Å². The normalized spacial score (nSPS) is 9.94. The molecule has 0 saturated carbocycles. The first-order valence-electron chi connectivity index (χ1n) is 4.83. The first kappa shape index (κ1) is 12.2. The van der Waals surface area contributed by atoms with E-state index in [-0.39, 0.29) is 5.82 Å². The molecule has 0 spiro atoms. The van der Waals surface area contributed by atoms with Crippen LogP contribution in [0.25, 0.3) is 0 Å². The van der Waals surface area contributed by atoms with Crippen LogP contribution in [-0.4, -0.2) is 0 Å². The summed E-state index contributed by atoms with van der Waals surface area (Å²) in [6.07, 6.45) is 0. The van der Waals surface area contributed by atoms with E-state index in [0.717, 1.165) is 9.37 Å². The molecule has 4 heteroatoms. The molecule has 1 nitrogen and oxygen atoms in total. The van der Waals surface area contributed by atoms with Gasteiger partial charge < -0.3 is 0 Å². The number of rotatable bonds is 2. The Hall–Kier alpha value is -1.31. The highest BCUT2D eigenvalue weighted by Crippen LogP contribution is 2.33. The minimum Gasteiger partial charge on any atom is -0.206 e. The van der Waals surface area contributed by atoms with Gasteiger partial charge in [0.25, 0.3) is 0 Å². The van der Waals surface area contributed by atoms with Gasteiger partial charge in [-0.25, -0.2) is 4.39 Å². The summed E-state index contributed by atoms with van der Waals surface area (Å²) in [5, 5.41) is 8.98. The van der Waals surface area contributed by atoms with Crippen LogP contribution in [0.5, 0.6) is 0 Å². The van der Waals surface area contributed by atoms with E-state index in [0.29, 0.717) is 10.5 Å². The molecule has 0 amide bonds. The summed E-state index contributed by atoms with van der Waals surface area (Å²) in [5.74, 6) is -0.277. The fourth-order valence-corrected chi connectivity index (χ4v) is 2.79. The van der Waals surface area contributed by atoms with Crippen molar-refractivity contribution in [2.45, 2.75) is 9.79 Å². The molecule has 0 radical (unpaired) electrons. The minimum atomic E-state index is -0.277. The number of nitrogens with zero attached hydrogens (tertiary/aromatic N) is 1. The van der Waals surface area contributed by atoms with Gasteiger partial charge in [-0.2, -0.15) is 5.26 Å². The van der Waals surface area contributed by atoms with Gasteiger partial charge in [-0.1, -0.05) is 39.8 Å². The highest BCUT2D eigenvalue weighted by Gasteiger charge is 2.08. The van der Waals surface area contributed by atoms with Crippen LogP contribution in [0.1, 0.15) is 5.56 Å². The van der Waals surface area contributed by atoms with E-state index in [2.05, 4.69) is 22.0 Å². The van der Waals surface area contributed by atoms with Crippen molar-refractivity contribution in [1.82, 2.24) is 0 Å². The van der Waals surface area contributed by atoms with E-state index in [4.69, 9.17) is 5.26 Å². The van der Waals surface area contributed by atoms with Gasteiger partial charge in [0.15, 0.2) is 0 Å². The molecular formula is C13H7BrFNS. The van der Waals surface area contributed by atoms with Gasteiger partial charge in [0, 0.05) is 14.3 Å². The molecule has 0 N–H and O–H groups in total. The van der Waals surface area contributed by atoms with Gasteiger partial charge >= 0.3 is 0 Å². The van der Waals surface area contributed by atoms with Crippen LogP contribution < -0.4 is 0 Å². The summed E-state index contributed by atoms with van der Waals surface area (Å²) in [6, 6.07) is 13.9. The van der Waals surface area contributed by atoms with Crippen LogP contribution in [0, 0.1) is 17.1 Å². The number of hydrogen-bond acceptors (Lipinski definition) is 2. The lowest BCUT2D eigenvalue weighted by atomic mass is 10.2. The lowest BCUT2D eigenvalue weighted by Crippen LogP contribution is -1.84. The number of nitriles is 1. The van der Waals surface area contributed by atoms with Crippen LogP contribution >= 0.6 is 27.7 Å². The number of hydrogen-bond donors (Lipinski definition) is 0. The van der Waals surface area contributed by atoms with Crippen molar-refractivity contribution >= 4 is 27.7 Å². The molecule has 0 aliphatic carbocycles. The second-order valence-electron chi connectivity index (χ2n) is 3.28. The molecule has 17 heavy (non-hydrogen) atoms. The summed E-state index contributed by atoms with van der Waals surface area (Å²) in [6.45, 7) is 0. The maximum Gasteiger partial charge on any atom is 0.137 e. The predicted octanol–water partition coefficient (Wildman–Crippen LogP) is 4.61. The molecule has 0 bridgehead atoms. The molecule has 0 aromatic heterocycles. The molecule has 0 atom stereocenters. The van der Waals surface area contributed by atoms with E-state index in [1.54, 1.807) is 30.3 Å². The van der Waals surface area contributed by atoms with Crippen LogP contribution in [0.3, 0.4) is 0 Å². The fraction of sp³-hybridized carbons (Fsp3) is 0. The Morgan fingerprint density at radius 1 is 1.12 bits per heavy atom. The number of benzene rings is 2. The van der Waals surface area contributed by atoms with Crippen LogP contribution in [0.4, 0.5) is 4.39 Å². The molecule has 0 unspecified atom stereocenters. The minimum absolute atomic E-state index is 0.277. The first-order valence-corrected chi connectivity index (χ1v) is 6.43. The third-order valence-electron chi connectivity index (χ3n) is 2.12. The highest BCUT2D eigenvalue weighted by atomic mass is 79.9. The van der Waals surface area contributed by atoms with Crippen molar-refractivity contribution in [3.05, 3.63) is 58.3 Å². The Kier molecular flexibility index (Phi) is 3.82. The molecule has 0 saturated heterocycles. The molecule has 0 fully saturated rings. The van der Waals surface area contributed by atoms with E-state index in [9.17, 15) is 4.39 Å². The highest BCUT2D eigenvalue weighted by molar-refractivity contribution is 9.10. The lowest BCUT2D eigenvalue weighted by molar-refractivity contribution is 0.602. The average Bonchev–Trinajstić information content (AvgIpc) is 2.32. The van der Waals surface area contributed by atoms with Gasteiger partial charge in [-0.05, 0) is 30.3 Å². The van der Waals surface area contributed by atoms with Crippen molar-refractivity contribution < 1.29 is 4.39 Å². The zero-order chi connectivity index (χ0) is 12.3. The summed E-state index contributed by atoms with van der Waals surface area (Å²) < 4.78 is 14.4. The molecule has 0 aliphatic rings. The molecular weight excluding hydrogens is 301 g/mol. The molecule has 0 aliphatic heterocycles. The molecule has 2 rings (SSSR count). The van der Waals surface area contributed by atoms with Gasteiger partial charge in [-0.15, -0.1) is 0 Å². The Balaban J connectivity index is 2.40. The average molecular weight is 308 g/mol. The van der Waals surface area contributed by atoms with Crippen LogP contribution in [-0.2, 0) is 0 Å². The zero-order valence-corrected chi connectivity index (χ0v) is 11.1. The summed E-state index contributed by atoms with van der Waals surface area (Å²) in [5.41, 5.74) is 0.543. The third kappa shape index (κ3) is 2.87. The van der Waals surface area contributed by atoms with E-state index in [1.807, 2.05) is 6.07 Å². The Bertz CT molecular complexity index is 592. The second kappa shape index (κ2) is 5.35. The fourth-order valence-electron chi connectivity index (χ4n) is 1.32. The summed E-state index contributed by atoms with van der Waals surface area (Å²) in [7, 11) is 0. The van der Waals surface area contributed by atoms with Gasteiger partial charge in [0.1, 0.15) is 11.9 Å². The monoisotopic (exact) mass is 307 g/mol. The lowest BCUT2D eigenvalue weighted by Gasteiger charge is -2.05. The maximum absolute atomic E-state index is 13.5. The van der Waals surface area contributed by atoms with Gasteiger partial charge in [0.2, 0.25) is 0 Å². The van der Waals surface area contributed by atoms with Crippen LogP contribution in [0.15, 0.2) is 56.7 Å². The second-order valence-corrected chi connectivity index (χ2v) is 5.28. The Morgan fingerprint density at radius 2 is 1.88 bits per heavy atom. The van der Waals surface area contributed by atoms with Gasteiger partial charge in [0.05, 0.1) is 5.56 Å².